The number of ether oxygens (including phenoxy) is 1. The summed E-state index contributed by atoms with van der Waals surface area (Å²) in [5.41, 5.74) is 0.650. The summed E-state index contributed by atoms with van der Waals surface area (Å²) in [4.78, 5) is 21.8. The number of aliphatic carboxylic acids is 1. The molecule has 1 rings (SSSR count). The third-order valence-electron chi connectivity index (χ3n) is 2.34. The van der Waals surface area contributed by atoms with E-state index in [-0.39, 0.29) is 18.6 Å². The molecule has 1 aromatic rings. The van der Waals surface area contributed by atoms with Gasteiger partial charge in [0.25, 0.3) is 0 Å². The summed E-state index contributed by atoms with van der Waals surface area (Å²) in [7, 11) is 0. The maximum Gasteiger partial charge on any atom is 0.319 e. The molecule has 0 aromatic heterocycles. The molecule has 1 aromatic carbocycles. The summed E-state index contributed by atoms with van der Waals surface area (Å²) in [6.07, 6.45) is 0.553. The van der Waals surface area contributed by atoms with E-state index < -0.39 is 5.97 Å². The molecule has 0 spiro atoms. The number of rotatable bonds is 7. The van der Waals surface area contributed by atoms with Crippen LogP contribution in [-0.4, -0.2) is 29.8 Å². The van der Waals surface area contributed by atoms with Crippen LogP contribution in [0.15, 0.2) is 24.3 Å². The molecule has 6 nitrogen and oxygen atoms in total. The number of benzene rings is 1. The van der Waals surface area contributed by atoms with Gasteiger partial charge in [-0.3, -0.25) is 4.79 Å². The van der Waals surface area contributed by atoms with E-state index in [1.165, 1.54) is 0 Å². The first-order valence-electron chi connectivity index (χ1n) is 6.50. The largest absolute Gasteiger partial charge is 0.491 e. The van der Waals surface area contributed by atoms with Crippen LogP contribution in [0.5, 0.6) is 5.75 Å². The van der Waals surface area contributed by atoms with Crippen molar-refractivity contribution in [1.82, 2.24) is 5.32 Å². The van der Waals surface area contributed by atoms with Crippen LogP contribution in [0.2, 0.25) is 0 Å². The van der Waals surface area contributed by atoms with Gasteiger partial charge in [0.1, 0.15) is 5.75 Å². The molecule has 0 aliphatic heterocycles. The van der Waals surface area contributed by atoms with Crippen molar-refractivity contribution >= 4 is 17.7 Å². The normalized spacial score (nSPS) is 10.2. The quantitative estimate of drug-likeness (QED) is 0.669. The van der Waals surface area contributed by atoms with Crippen molar-refractivity contribution in [2.24, 2.45) is 0 Å². The number of nitrogens with one attached hydrogen (secondary N) is 2. The van der Waals surface area contributed by atoms with E-state index in [1.807, 2.05) is 13.8 Å². The van der Waals surface area contributed by atoms with Crippen molar-refractivity contribution in [3.05, 3.63) is 24.3 Å². The number of anilines is 1. The molecular weight excluding hydrogens is 260 g/mol. The number of carboxylic acid groups (broad SMARTS) is 1. The SMILES string of the molecule is CC(C)Oc1ccc(NC(=O)NCCCC(=O)O)cc1. The maximum absolute atomic E-state index is 11.5. The Morgan fingerprint density at radius 3 is 2.45 bits per heavy atom. The number of carbonyl (C=O) groups is 2. The average Bonchev–Trinajstić information content (AvgIpc) is 2.36. The highest BCUT2D eigenvalue weighted by atomic mass is 16.5. The molecule has 2 amide bonds. The summed E-state index contributed by atoms with van der Waals surface area (Å²) in [6, 6.07) is 6.69. The predicted octanol–water partition coefficient (Wildman–Crippen LogP) is 2.46. The highest BCUT2D eigenvalue weighted by Crippen LogP contribution is 2.16. The Kier molecular flexibility index (Phi) is 6.36. The fourth-order valence-corrected chi connectivity index (χ4v) is 1.51. The summed E-state index contributed by atoms with van der Waals surface area (Å²) in [5.74, 6) is -0.125. The second-order valence-corrected chi connectivity index (χ2v) is 4.57. The van der Waals surface area contributed by atoms with Gasteiger partial charge in [0.05, 0.1) is 6.10 Å². The van der Waals surface area contributed by atoms with Gasteiger partial charge >= 0.3 is 12.0 Å². The lowest BCUT2D eigenvalue weighted by Crippen LogP contribution is -2.29. The van der Waals surface area contributed by atoms with E-state index >= 15 is 0 Å². The maximum atomic E-state index is 11.5. The molecular formula is C14H20N2O4. The van der Waals surface area contributed by atoms with Crippen LogP contribution in [0, 0.1) is 0 Å². The average molecular weight is 280 g/mol. The Balaban J connectivity index is 2.32. The topological polar surface area (TPSA) is 87.7 Å². The predicted molar refractivity (Wildman–Crippen MR) is 76.1 cm³/mol. The number of urea groups is 1. The minimum atomic E-state index is -0.868. The van der Waals surface area contributed by atoms with Crippen molar-refractivity contribution in [2.75, 3.05) is 11.9 Å². The lowest BCUT2D eigenvalue weighted by molar-refractivity contribution is -0.137. The first-order valence-corrected chi connectivity index (χ1v) is 6.50. The van der Waals surface area contributed by atoms with Gasteiger partial charge in [-0.2, -0.15) is 0 Å². The van der Waals surface area contributed by atoms with Crippen LogP contribution in [0.25, 0.3) is 0 Å². The summed E-state index contributed by atoms with van der Waals surface area (Å²) < 4.78 is 5.49. The molecule has 0 atom stereocenters. The van der Waals surface area contributed by atoms with Crippen molar-refractivity contribution in [1.29, 1.82) is 0 Å². The van der Waals surface area contributed by atoms with Gasteiger partial charge in [0.2, 0.25) is 0 Å². The summed E-state index contributed by atoms with van der Waals surface area (Å²) >= 11 is 0. The Morgan fingerprint density at radius 2 is 1.90 bits per heavy atom. The first kappa shape index (κ1) is 15.8. The Bertz CT molecular complexity index is 443. The van der Waals surface area contributed by atoms with Gasteiger partial charge in [0, 0.05) is 18.7 Å². The lowest BCUT2D eigenvalue weighted by atomic mass is 10.3. The zero-order valence-corrected chi connectivity index (χ0v) is 11.7. The Labute approximate surface area is 118 Å². The molecule has 0 aliphatic rings. The highest BCUT2D eigenvalue weighted by Gasteiger charge is 2.03. The van der Waals surface area contributed by atoms with Crippen molar-refractivity contribution in [3.8, 4) is 5.75 Å². The van der Waals surface area contributed by atoms with Gasteiger partial charge in [-0.05, 0) is 44.5 Å². The minimum Gasteiger partial charge on any atom is -0.491 e. The lowest BCUT2D eigenvalue weighted by Gasteiger charge is -2.11. The molecule has 0 unspecified atom stereocenters. The van der Waals surface area contributed by atoms with Crippen molar-refractivity contribution in [3.63, 3.8) is 0 Å². The molecule has 0 bridgehead atoms. The summed E-state index contributed by atoms with van der Waals surface area (Å²) in [6.45, 7) is 4.21. The first-order chi connectivity index (χ1) is 9.47. The number of carbonyl (C=O) groups excluding carboxylic acids is 1. The molecule has 110 valence electrons. The Morgan fingerprint density at radius 1 is 1.25 bits per heavy atom. The van der Waals surface area contributed by atoms with Crippen molar-refractivity contribution in [2.45, 2.75) is 32.8 Å². The van der Waals surface area contributed by atoms with Crippen LogP contribution in [0.4, 0.5) is 10.5 Å². The van der Waals surface area contributed by atoms with E-state index in [4.69, 9.17) is 9.84 Å². The molecule has 3 N–H and O–H groups in total. The zero-order valence-electron chi connectivity index (χ0n) is 11.7. The standard InChI is InChI=1S/C14H20N2O4/c1-10(2)20-12-7-5-11(6-8-12)16-14(19)15-9-3-4-13(17)18/h5-8,10H,3-4,9H2,1-2H3,(H,17,18)(H2,15,16,19). The number of hydrogen-bond acceptors (Lipinski definition) is 3. The molecule has 0 fully saturated rings. The fraction of sp³-hybridized carbons (Fsp3) is 0.429. The smallest absolute Gasteiger partial charge is 0.319 e. The van der Waals surface area contributed by atoms with Gasteiger partial charge in [-0.25, -0.2) is 4.79 Å². The van der Waals surface area contributed by atoms with Crippen LogP contribution in [-0.2, 0) is 4.79 Å². The Hall–Kier alpha value is -2.24. The molecule has 6 heteroatoms. The second-order valence-electron chi connectivity index (χ2n) is 4.57. The van der Waals surface area contributed by atoms with E-state index in [0.717, 1.165) is 5.75 Å². The van der Waals surface area contributed by atoms with Crippen LogP contribution in [0.3, 0.4) is 0 Å². The van der Waals surface area contributed by atoms with Crippen LogP contribution >= 0.6 is 0 Å². The van der Waals surface area contributed by atoms with E-state index in [9.17, 15) is 9.59 Å². The van der Waals surface area contributed by atoms with Gasteiger partial charge in [0.15, 0.2) is 0 Å². The second kappa shape index (κ2) is 8.04. The molecule has 20 heavy (non-hydrogen) atoms. The van der Waals surface area contributed by atoms with E-state index in [2.05, 4.69) is 10.6 Å². The van der Waals surface area contributed by atoms with Gasteiger partial charge < -0.3 is 20.5 Å². The molecule has 0 saturated heterocycles. The minimum absolute atomic E-state index is 0.0432. The summed E-state index contributed by atoms with van der Waals surface area (Å²) in [5, 5.41) is 13.7. The van der Waals surface area contributed by atoms with Crippen LogP contribution in [0.1, 0.15) is 26.7 Å². The van der Waals surface area contributed by atoms with Crippen molar-refractivity contribution < 1.29 is 19.4 Å². The fourth-order valence-electron chi connectivity index (χ4n) is 1.51. The number of carboxylic acids is 1. The molecule has 0 heterocycles. The van der Waals surface area contributed by atoms with E-state index in [1.54, 1.807) is 24.3 Å². The monoisotopic (exact) mass is 280 g/mol. The molecule has 0 saturated carbocycles. The highest BCUT2D eigenvalue weighted by molar-refractivity contribution is 5.89. The van der Waals surface area contributed by atoms with Crippen LogP contribution < -0.4 is 15.4 Å². The number of hydrogen-bond donors (Lipinski definition) is 3. The zero-order chi connectivity index (χ0) is 15.0. The molecule has 0 radical (unpaired) electrons. The number of amides is 2. The third kappa shape index (κ3) is 6.63. The molecule has 0 aliphatic carbocycles. The third-order valence-corrected chi connectivity index (χ3v) is 2.34. The van der Waals surface area contributed by atoms with Gasteiger partial charge in [-0.1, -0.05) is 0 Å². The van der Waals surface area contributed by atoms with E-state index in [0.29, 0.717) is 18.7 Å². The van der Waals surface area contributed by atoms with Gasteiger partial charge in [-0.15, -0.1) is 0 Å².